The molecule has 1 nitrogen and oxygen atoms in total. The summed E-state index contributed by atoms with van der Waals surface area (Å²) in [6.07, 6.45) is 1.59. The van der Waals surface area contributed by atoms with Gasteiger partial charge in [-0.15, -0.1) is 11.8 Å². The zero-order valence-corrected chi connectivity index (χ0v) is 12.1. The Kier molecular flexibility index (Phi) is 5.29. The highest BCUT2D eigenvalue weighted by Crippen LogP contribution is 2.23. The van der Waals surface area contributed by atoms with Crippen LogP contribution in [-0.4, -0.2) is 17.0 Å². The van der Waals surface area contributed by atoms with Crippen LogP contribution in [0.3, 0.4) is 0 Å². The topological polar surface area (TPSA) is 20.2 Å². The van der Waals surface area contributed by atoms with Gasteiger partial charge in [-0.2, -0.15) is 11.3 Å². The van der Waals surface area contributed by atoms with E-state index in [1.54, 1.807) is 23.1 Å². The van der Waals surface area contributed by atoms with E-state index in [4.69, 9.17) is 0 Å². The molecule has 0 amide bonds. The third kappa shape index (κ3) is 4.16. The lowest BCUT2D eigenvalue weighted by Crippen LogP contribution is -2.10. The fourth-order valence-corrected chi connectivity index (χ4v) is 3.47. The molecule has 1 atom stereocenters. The first-order valence-electron chi connectivity index (χ1n) is 6.13. The second-order valence-electron chi connectivity index (χ2n) is 4.40. The fraction of sp³-hybridized carbons (Fsp3) is 0.333. The monoisotopic (exact) mass is 278 g/mol. The van der Waals surface area contributed by atoms with Gasteiger partial charge in [-0.1, -0.05) is 18.2 Å². The van der Waals surface area contributed by atoms with Crippen LogP contribution in [0.5, 0.6) is 0 Å². The Morgan fingerprint density at radius 1 is 1.28 bits per heavy atom. The fourth-order valence-electron chi connectivity index (χ4n) is 1.76. The predicted octanol–water partition coefficient (Wildman–Crippen LogP) is 4.14. The van der Waals surface area contributed by atoms with Gasteiger partial charge >= 0.3 is 0 Å². The number of thiophene rings is 1. The van der Waals surface area contributed by atoms with E-state index in [-0.39, 0.29) is 6.10 Å². The van der Waals surface area contributed by atoms with Crippen molar-refractivity contribution in [3.8, 4) is 0 Å². The molecule has 2 aromatic rings. The van der Waals surface area contributed by atoms with Gasteiger partial charge in [0.15, 0.2) is 0 Å². The molecule has 3 heteroatoms. The van der Waals surface area contributed by atoms with E-state index in [0.717, 1.165) is 18.6 Å². The summed E-state index contributed by atoms with van der Waals surface area (Å²) in [5, 5.41) is 14.2. The summed E-state index contributed by atoms with van der Waals surface area (Å²) in [6, 6.07) is 10.5. The van der Waals surface area contributed by atoms with E-state index < -0.39 is 0 Å². The highest BCUT2D eigenvalue weighted by molar-refractivity contribution is 7.99. The first kappa shape index (κ1) is 13.7. The first-order chi connectivity index (χ1) is 8.75. The molecule has 2 rings (SSSR count). The maximum absolute atomic E-state index is 9.98. The molecule has 0 aliphatic heterocycles. The van der Waals surface area contributed by atoms with Crippen LogP contribution in [0.4, 0.5) is 0 Å². The van der Waals surface area contributed by atoms with Crippen molar-refractivity contribution >= 4 is 23.1 Å². The first-order valence-corrected chi connectivity index (χ1v) is 8.06. The molecule has 0 radical (unpaired) electrons. The summed E-state index contributed by atoms with van der Waals surface area (Å²) in [4.78, 5) is 1.27. The van der Waals surface area contributed by atoms with E-state index in [9.17, 15) is 5.11 Å². The minimum Gasteiger partial charge on any atom is -0.392 e. The summed E-state index contributed by atoms with van der Waals surface area (Å²) in [7, 11) is 0. The zero-order valence-electron chi connectivity index (χ0n) is 10.5. The summed E-state index contributed by atoms with van der Waals surface area (Å²) in [6.45, 7) is 2.11. The van der Waals surface area contributed by atoms with Crippen molar-refractivity contribution in [1.29, 1.82) is 0 Å². The number of aryl methyl sites for hydroxylation is 2. The van der Waals surface area contributed by atoms with Gasteiger partial charge in [-0.05, 0) is 53.8 Å². The molecule has 0 aliphatic rings. The Bertz CT molecular complexity index is 465. The summed E-state index contributed by atoms with van der Waals surface area (Å²) >= 11 is 3.46. The van der Waals surface area contributed by atoms with Gasteiger partial charge in [0.2, 0.25) is 0 Å². The van der Waals surface area contributed by atoms with Crippen molar-refractivity contribution in [3.05, 3.63) is 52.2 Å². The minimum absolute atomic E-state index is 0.227. The molecule has 18 heavy (non-hydrogen) atoms. The molecule has 0 fully saturated rings. The number of hydrogen-bond donors (Lipinski definition) is 1. The molecule has 1 heterocycles. The van der Waals surface area contributed by atoms with Gasteiger partial charge in [-0.3, -0.25) is 0 Å². The second kappa shape index (κ2) is 6.98. The Hall–Kier alpha value is -0.770. The molecule has 0 aliphatic carbocycles. The van der Waals surface area contributed by atoms with E-state index in [1.165, 1.54) is 16.0 Å². The molecule has 1 unspecified atom stereocenters. The largest absolute Gasteiger partial charge is 0.392 e. The second-order valence-corrected chi connectivity index (χ2v) is 6.24. The van der Waals surface area contributed by atoms with Crippen molar-refractivity contribution in [2.45, 2.75) is 30.8 Å². The van der Waals surface area contributed by atoms with Crippen LogP contribution < -0.4 is 0 Å². The van der Waals surface area contributed by atoms with Crippen LogP contribution in [-0.2, 0) is 6.42 Å². The third-order valence-electron chi connectivity index (χ3n) is 2.87. The smallest absolute Gasteiger partial charge is 0.0637 e. The normalized spacial score (nSPS) is 12.6. The Morgan fingerprint density at radius 3 is 2.83 bits per heavy atom. The van der Waals surface area contributed by atoms with E-state index in [1.807, 2.05) is 12.1 Å². The van der Waals surface area contributed by atoms with Gasteiger partial charge in [0.05, 0.1) is 6.10 Å². The van der Waals surface area contributed by atoms with Crippen LogP contribution in [0.1, 0.15) is 17.5 Å². The number of benzene rings is 1. The highest BCUT2D eigenvalue weighted by Gasteiger charge is 2.07. The molecule has 0 bridgehead atoms. The van der Waals surface area contributed by atoms with E-state index in [0.29, 0.717) is 0 Å². The van der Waals surface area contributed by atoms with Crippen molar-refractivity contribution in [3.63, 3.8) is 0 Å². The number of thioether (sulfide) groups is 1. The minimum atomic E-state index is -0.227. The Labute approximate surface area is 117 Å². The summed E-state index contributed by atoms with van der Waals surface area (Å²) < 4.78 is 0. The van der Waals surface area contributed by atoms with E-state index in [2.05, 4.69) is 35.9 Å². The summed E-state index contributed by atoms with van der Waals surface area (Å²) in [5.41, 5.74) is 2.62. The molecular weight excluding hydrogens is 260 g/mol. The van der Waals surface area contributed by atoms with Crippen molar-refractivity contribution < 1.29 is 5.11 Å². The molecule has 0 saturated carbocycles. The standard InChI is InChI=1S/C15H18OS2/c1-12-4-2-3-5-15(12)18-11-14(16)7-6-13-8-9-17-10-13/h2-5,8-10,14,16H,6-7,11H2,1H3. The van der Waals surface area contributed by atoms with Gasteiger partial charge in [0.1, 0.15) is 0 Å². The van der Waals surface area contributed by atoms with Crippen LogP contribution in [0.15, 0.2) is 46.0 Å². The van der Waals surface area contributed by atoms with E-state index >= 15 is 0 Å². The van der Waals surface area contributed by atoms with Gasteiger partial charge < -0.3 is 5.11 Å². The number of hydrogen-bond acceptors (Lipinski definition) is 3. The average Bonchev–Trinajstić information content (AvgIpc) is 2.88. The van der Waals surface area contributed by atoms with Crippen molar-refractivity contribution in [1.82, 2.24) is 0 Å². The molecule has 1 aromatic heterocycles. The van der Waals surface area contributed by atoms with Gasteiger partial charge in [0.25, 0.3) is 0 Å². The molecule has 96 valence electrons. The maximum atomic E-state index is 9.98. The van der Waals surface area contributed by atoms with Crippen LogP contribution in [0.25, 0.3) is 0 Å². The van der Waals surface area contributed by atoms with Crippen LogP contribution in [0, 0.1) is 6.92 Å². The molecular formula is C15H18OS2. The van der Waals surface area contributed by atoms with Crippen LogP contribution >= 0.6 is 23.1 Å². The lowest BCUT2D eigenvalue weighted by molar-refractivity contribution is 0.189. The number of rotatable bonds is 6. The van der Waals surface area contributed by atoms with Gasteiger partial charge in [0, 0.05) is 10.6 Å². The Balaban J connectivity index is 1.75. The average molecular weight is 278 g/mol. The Morgan fingerprint density at radius 2 is 2.11 bits per heavy atom. The maximum Gasteiger partial charge on any atom is 0.0637 e. The lowest BCUT2D eigenvalue weighted by atomic mass is 10.1. The molecule has 1 N–H and O–H groups in total. The highest BCUT2D eigenvalue weighted by atomic mass is 32.2. The molecule has 1 aromatic carbocycles. The molecule has 0 spiro atoms. The summed E-state index contributed by atoms with van der Waals surface area (Å²) in [5.74, 6) is 0.773. The third-order valence-corrected chi connectivity index (χ3v) is 4.92. The van der Waals surface area contributed by atoms with Crippen molar-refractivity contribution in [2.75, 3.05) is 5.75 Å². The van der Waals surface area contributed by atoms with Crippen molar-refractivity contribution in [2.24, 2.45) is 0 Å². The predicted molar refractivity (Wildman–Crippen MR) is 80.5 cm³/mol. The van der Waals surface area contributed by atoms with Crippen LogP contribution in [0.2, 0.25) is 0 Å². The lowest BCUT2D eigenvalue weighted by Gasteiger charge is -2.10. The number of aliphatic hydroxyl groups excluding tert-OH is 1. The quantitative estimate of drug-likeness (QED) is 0.801. The zero-order chi connectivity index (χ0) is 12.8. The molecule has 0 saturated heterocycles. The number of aliphatic hydroxyl groups is 1. The SMILES string of the molecule is Cc1ccccc1SCC(O)CCc1ccsc1. The van der Waals surface area contributed by atoms with Gasteiger partial charge in [-0.25, -0.2) is 0 Å².